The number of aryl methyl sites for hydroxylation is 1. The molecular formula is C24H21ClFN7O. The molecule has 0 atom stereocenters. The maximum Gasteiger partial charge on any atom is 0.329 e. The molecule has 1 saturated heterocycles. The van der Waals surface area contributed by atoms with Gasteiger partial charge in [-0.05, 0) is 43.3 Å². The first kappa shape index (κ1) is 21.8. The fourth-order valence-corrected chi connectivity index (χ4v) is 4.16. The summed E-state index contributed by atoms with van der Waals surface area (Å²) < 4.78 is 17.6. The van der Waals surface area contributed by atoms with Gasteiger partial charge in [0.05, 0.1) is 11.4 Å². The number of nitrogens with two attached hydrogens (primary N) is 1. The van der Waals surface area contributed by atoms with Crippen molar-refractivity contribution in [3.63, 3.8) is 0 Å². The number of urea groups is 1. The van der Waals surface area contributed by atoms with Crippen LogP contribution in [0, 0.1) is 5.82 Å². The number of halogens is 2. The highest BCUT2D eigenvalue weighted by atomic mass is 35.5. The number of benzene rings is 2. The van der Waals surface area contributed by atoms with E-state index < -0.39 is 5.82 Å². The Morgan fingerprint density at radius 1 is 1.06 bits per heavy atom. The van der Waals surface area contributed by atoms with Crippen molar-refractivity contribution in [2.45, 2.75) is 13.5 Å². The number of carbonyl (C=O) groups excluding carboxylic acids is 1. The number of nitrogen functional groups attached to an aromatic ring is 1. The molecular weight excluding hydrogens is 457 g/mol. The van der Waals surface area contributed by atoms with E-state index in [-0.39, 0.29) is 17.7 Å². The van der Waals surface area contributed by atoms with Gasteiger partial charge in [0.25, 0.3) is 0 Å². The molecule has 1 aliphatic heterocycles. The quantitative estimate of drug-likeness (QED) is 0.443. The predicted molar refractivity (Wildman–Crippen MR) is 130 cm³/mol. The van der Waals surface area contributed by atoms with Crippen molar-refractivity contribution in [1.82, 2.24) is 19.7 Å². The molecule has 3 heterocycles. The maximum atomic E-state index is 15.9. The third-order valence-corrected chi connectivity index (χ3v) is 5.96. The first-order valence-corrected chi connectivity index (χ1v) is 11.1. The molecule has 2 aromatic carbocycles. The van der Waals surface area contributed by atoms with Crippen LogP contribution in [0.3, 0.4) is 0 Å². The van der Waals surface area contributed by atoms with Gasteiger partial charge in [-0.25, -0.2) is 19.2 Å². The Morgan fingerprint density at radius 2 is 1.82 bits per heavy atom. The minimum absolute atomic E-state index is 0.105. The smallest absolute Gasteiger partial charge is 0.329 e. The second-order valence-corrected chi connectivity index (χ2v) is 8.18. The van der Waals surface area contributed by atoms with Crippen molar-refractivity contribution in [2.75, 3.05) is 28.6 Å². The second-order valence-electron chi connectivity index (χ2n) is 7.75. The minimum Gasteiger partial charge on any atom is -0.368 e. The molecule has 0 bridgehead atoms. The van der Waals surface area contributed by atoms with Gasteiger partial charge in [-0.3, -0.25) is 14.5 Å². The lowest BCUT2D eigenvalue weighted by Gasteiger charge is -2.20. The molecule has 0 spiro atoms. The summed E-state index contributed by atoms with van der Waals surface area (Å²) in [6.45, 7) is 3.32. The molecule has 1 fully saturated rings. The van der Waals surface area contributed by atoms with E-state index in [1.165, 1.54) is 11.1 Å². The Bertz CT molecular complexity index is 1370. The third kappa shape index (κ3) is 3.84. The molecule has 2 N–H and O–H groups in total. The van der Waals surface area contributed by atoms with Gasteiger partial charge in [-0.15, -0.1) is 0 Å². The summed E-state index contributed by atoms with van der Waals surface area (Å²) in [5, 5.41) is 5.15. The van der Waals surface area contributed by atoms with Gasteiger partial charge >= 0.3 is 6.03 Å². The number of nitrogens with zero attached hydrogens (tertiary/aromatic N) is 6. The van der Waals surface area contributed by atoms with Crippen LogP contribution in [-0.2, 0) is 6.54 Å². The molecule has 172 valence electrons. The van der Waals surface area contributed by atoms with Gasteiger partial charge in [0.15, 0.2) is 5.82 Å². The molecule has 5 rings (SSSR count). The van der Waals surface area contributed by atoms with Crippen LogP contribution in [0.5, 0.6) is 0 Å². The lowest BCUT2D eigenvalue weighted by atomic mass is 10.0. The molecule has 0 unspecified atom stereocenters. The zero-order valence-corrected chi connectivity index (χ0v) is 19.1. The van der Waals surface area contributed by atoms with Crippen molar-refractivity contribution in [3.8, 4) is 22.5 Å². The molecule has 0 radical (unpaired) electrons. The summed E-state index contributed by atoms with van der Waals surface area (Å²) >= 11 is 5.97. The lowest BCUT2D eigenvalue weighted by molar-refractivity contribution is 0.255. The van der Waals surface area contributed by atoms with E-state index in [2.05, 4.69) is 15.1 Å². The van der Waals surface area contributed by atoms with Crippen LogP contribution in [0.4, 0.5) is 26.5 Å². The first-order valence-electron chi connectivity index (χ1n) is 10.8. The fraction of sp³-hybridized carbons (Fsp3) is 0.167. The highest BCUT2D eigenvalue weighted by molar-refractivity contribution is 6.30. The lowest BCUT2D eigenvalue weighted by Crippen LogP contribution is -2.32. The SMILES string of the molecule is CCn1cc(-c2cccc(N3CCN(c4ccc(Cl)cc4)C3=O)c2F)c(-c2ccnc(N)n2)n1. The van der Waals surface area contributed by atoms with E-state index in [0.29, 0.717) is 52.9 Å². The Labute approximate surface area is 200 Å². The highest BCUT2D eigenvalue weighted by Gasteiger charge is 2.33. The van der Waals surface area contributed by atoms with Crippen molar-refractivity contribution < 1.29 is 9.18 Å². The zero-order chi connectivity index (χ0) is 23.8. The number of carbonyl (C=O) groups is 1. The largest absolute Gasteiger partial charge is 0.368 e. The summed E-state index contributed by atoms with van der Waals surface area (Å²) in [5.41, 5.74) is 8.53. The Kier molecular flexibility index (Phi) is 5.62. The van der Waals surface area contributed by atoms with E-state index in [1.54, 1.807) is 64.3 Å². The van der Waals surface area contributed by atoms with Gasteiger partial charge < -0.3 is 5.73 Å². The fourth-order valence-electron chi connectivity index (χ4n) is 4.03. The third-order valence-electron chi connectivity index (χ3n) is 5.71. The van der Waals surface area contributed by atoms with Crippen molar-refractivity contribution in [3.05, 3.63) is 71.8 Å². The Hall–Kier alpha value is -3.98. The summed E-state index contributed by atoms with van der Waals surface area (Å²) in [5.74, 6) is -0.401. The average Bonchev–Trinajstić information content (AvgIpc) is 3.44. The number of hydrogen-bond donors (Lipinski definition) is 1. The average molecular weight is 478 g/mol. The number of anilines is 3. The second kappa shape index (κ2) is 8.75. The van der Waals surface area contributed by atoms with Gasteiger partial charge in [0.1, 0.15) is 5.69 Å². The maximum absolute atomic E-state index is 15.9. The van der Waals surface area contributed by atoms with E-state index in [1.807, 2.05) is 6.92 Å². The normalized spacial score (nSPS) is 13.7. The van der Waals surface area contributed by atoms with E-state index >= 15 is 4.39 Å². The summed E-state index contributed by atoms with van der Waals surface area (Å²) in [6.07, 6.45) is 3.30. The molecule has 1 aliphatic rings. The van der Waals surface area contributed by atoms with Gasteiger partial charge in [-0.2, -0.15) is 5.10 Å². The minimum atomic E-state index is -0.507. The number of hydrogen-bond acceptors (Lipinski definition) is 5. The van der Waals surface area contributed by atoms with Crippen LogP contribution in [0.1, 0.15) is 6.92 Å². The molecule has 10 heteroatoms. The molecule has 2 amide bonds. The zero-order valence-electron chi connectivity index (χ0n) is 18.3. The molecule has 34 heavy (non-hydrogen) atoms. The molecule has 2 aromatic heterocycles. The van der Waals surface area contributed by atoms with Gasteiger partial charge in [0, 0.05) is 53.9 Å². The molecule has 8 nitrogen and oxygen atoms in total. The van der Waals surface area contributed by atoms with Crippen molar-refractivity contribution in [1.29, 1.82) is 0 Å². The Balaban J connectivity index is 1.54. The molecule has 0 saturated carbocycles. The predicted octanol–water partition coefficient (Wildman–Crippen LogP) is 4.85. The van der Waals surface area contributed by atoms with Gasteiger partial charge in [-0.1, -0.05) is 23.7 Å². The van der Waals surface area contributed by atoms with Crippen LogP contribution in [0.15, 0.2) is 60.9 Å². The summed E-state index contributed by atoms with van der Waals surface area (Å²) in [7, 11) is 0. The summed E-state index contributed by atoms with van der Waals surface area (Å²) in [4.78, 5) is 24.4. The van der Waals surface area contributed by atoms with Crippen LogP contribution in [0.2, 0.25) is 5.02 Å². The standard InChI is InChI=1S/C24H21ClFN7O/c1-2-31-14-18(22(30-31)19-10-11-28-23(27)29-19)17-4-3-5-20(21(17)26)33-13-12-32(24(33)34)16-8-6-15(25)7-9-16/h3-11,14H,2,12-13H2,1H3,(H2,27,28,29). The molecule has 0 aliphatic carbocycles. The number of amides is 2. The first-order chi connectivity index (χ1) is 16.5. The van der Waals surface area contributed by atoms with E-state index in [4.69, 9.17) is 17.3 Å². The van der Waals surface area contributed by atoms with E-state index in [9.17, 15) is 4.79 Å². The van der Waals surface area contributed by atoms with Crippen LogP contribution in [0.25, 0.3) is 22.5 Å². The van der Waals surface area contributed by atoms with Crippen LogP contribution in [-0.4, -0.2) is 38.9 Å². The van der Waals surface area contributed by atoms with Crippen LogP contribution >= 0.6 is 11.6 Å². The van der Waals surface area contributed by atoms with Crippen molar-refractivity contribution in [2.24, 2.45) is 0 Å². The monoisotopic (exact) mass is 477 g/mol. The number of aromatic nitrogens is 4. The van der Waals surface area contributed by atoms with E-state index in [0.717, 1.165) is 0 Å². The van der Waals surface area contributed by atoms with Gasteiger partial charge in [0.2, 0.25) is 5.95 Å². The Morgan fingerprint density at radius 3 is 2.56 bits per heavy atom. The number of rotatable bonds is 5. The molecule has 4 aromatic rings. The van der Waals surface area contributed by atoms with Crippen LogP contribution < -0.4 is 15.5 Å². The highest BCUT2D eigenvalue weighted by Crippen LogP contribution is 2.37. The topological polar surface area (TPSA) is 93.2 Å². The summed E-state index contributed by atoms with van der Waals surface area (Å²) in [6, 6.07) is 13.4. The van der Waals surface area contributed by atoms with Crippen molar-refractivity contribution >= 4 is 35.0 Å².